The van der Waals surface area contributed by atoms with Crippen LogP contribution in [0, 0.1) is 5.92 Å². The number of carbonyl (C=O) groups is 3. The van der Waals surface area contributed by atoms with E-state index in [4.69, 9.17) is 4.98 Å². The second-order valence-electron chi connectivity index (χ2n) is 11.2. The maximum absolute atomic E-state index is 13.7. The van der Waals surface area contributed by atoms with E-state index in [0.717, 1.165) is 54.0 Å². The maximum atomic E-state index is 13.7. The van der Waals surface area contributed by atoms with Crippen LogP contribution in [0.2, 0.25) is 0 Å². The number of hydrogen-bond donors (Lipinski definition) is 3. The van der Waals surface area contributed by atoms with Gasteiger partial charge in [-0.15, -0.1) is 11.3 Å². The van der Waals surface area contributed by atoms with Gasteiger partial charge in [-0.2, -0.15) is 0 Å². The number of aryl methyl sites for hydroxylation is 1. The number of nitrogens with zero attached hydrogens (tertiary/aromatic N) is 2. The lowest BCUT2D eigenvalue weighted by Crippen LogP contribution is -2.53. The van der Waals surface area contributed by atoms with Gasteiger partial charge in [0, 0.05) is 37.5 Å². The molecule has 0 radical (unpaired) electrons. The second kappa shape index (κ2) is 16.6. The highest BCUT2D eigenvalue weighted by atomic mass is 32.1. The Morgan fingerprint density at radius 1 is 1.07 bits per heavy atom. The smallest absolute Gasteiger partial charge is 0.247 e. The van der Waals surface area contributed by atoms with Crippen molar-refractivity contribution in [1.29, 1.82) is 0 Å². The number of thiazole rings is 1. The average molecular weight is 584 g/mol. The molecule has 1 heterocycles. The fourth-order valence-corrected chi connectivity index (χ4v) is 6.53. The Kier molecular flexibility index (Phi) is 13.3. The highest BCUT2D eigenvalue weighted by molar-refractivity contribution is 7.18. The molecule has 1 fully saturated rings. The van der Waals surface area contributed by atoms with Crippen LogP contribution in [0.25, 0.3) is 10.2 Å². The molecule has 1 aromatic heterocycles. The quantitative estimate of drug-likeness (QED) is 0.247. The summed E-state index contributed by atoms with van der Waals surface area (Å²) in [7, 11) is 0. The second-order valence-corrected chi connectivity index (χ2v) is 12.3. The monoisotopic (exact) mass is 583 g/mol. The molecule has 1 aliphatic carbocycles. The first-order valence-electron chi connectivity index (χ1n) is 15.4. The highest BCUT2D eigenvalue weighted by Gasteiger charge is 2.27. The van der Waals surface area contributed by atoms with Gasteiger partial charge in [-0.25, -0.2) is 4.98 Å². The van der Waals surface area contributed by atoms with Gasteiger partial charge in [0.25, 0.3) is 0 Å². The molecule has 2 aromatic rings. The van der Waals surface area contributed by atoms with Crippen molar-refractivity contribution in [2.45, 2.75) is 97.6 Å². The summed E-state index contributed by atoms with van der Waals surface area (Å²) in [5, 5.41) is 9.95. The number of benzene rings is 1. The summed E-state index contributed by atoms with van der Waals surface area (Å²) in [6.07, 6.45) is 8.28. The van der Waals surface area contributed by atoms with Gasteiger partial charge in [-0.05, 0) is 49.5 Å². The molecule has 0 spiro atoms. The van der Waals surface area contributed by atoms with Crippen LogP contribution in [0.5, 0.6) is 0 Å². The first-order chi connectivity index (χ1) is 19.8. The van der Waals surface area contributed by atoms with Crippen molar-refractivity contribution >= 4 is 39.3 Å². The van der Waals surface area contributed by atoms with Crippen molar-refractivity contribution in [3.63, 3.8) is 0 Å². The molecule has 0 aliphatic heterocycles. The first kappa shape index (κ1) is 32.7. The lowest BCUT2D eigenvalue weighted by atomic mass is 9.84. The summed E-state index contributed by atoms with van der Waals surface area (Å²) < 4.78 is 1.09. The van der Waals surface area contributed by atoms with Crippen LogP contribution in [0.4, 0.5) is 0 Å². The minimum absolute atomic E-state index is 0.177. The molecule has 0 saturated heterocycles. The van der Waals surface area contributed by atoms with Gasteiger partial charge in [-0.3, -0.25) is 19.3 Å². The third kappa shape index (κ3) is 10.2. The van der Waals surface area contributed by atoms with Crippen LogP contribution in [0.15, 0.2) is 30.4 Å². The van der Waals surface area contributed by atoms with Gasteiger partial charge in [0.15, 0.2) is 0 Å². The van der Waals surface area contributed by atoms with E-state index < -0.39 is 6.04 Å². The van der Waals surface area contributed by atoms with Crippen LogP contribution >= 0.6 is 11.3 Å². The Morgan fingerprint density at radius 2 is 1.80 bits per heavy atom. The summed E-state index contributed by atoms with van der Waals surface area (Å²) in [4.78, 5) is 45.9. The zero-order valence-corrected chi connectivity index (χ0v) is 26.2. The van der Waals surface area contributed by atoms with Crippen LogP contribution in [0.1, 0.15) is 83.2 Å². The van der Waals surface area contributed by atoms with E-state index in [-0.39, 0.29) is 23.8 Å². The van der Waals surface area contributed by atoms with Gasteiger partial charge < -0.3 is 16.0 Å². The third-order valence-electron chi connectivity index (χ3n) is 8.08. The standard InChI is InChI=1S/C32H49N5O3S/c1-6-23-15-16-26-28(18-23)41-30(36-26)19-27(35-29(38)7-2)32(40)34-25(17-24-13-11-10-12-14-24)20-33-31(39)22(5)21-37(8-3)9-4/h15-16,18,24-25,27H,5-14,17,19-21H2,1-4H3,(H,33,39)(H,34,40)(H,35,38)/t25-,27-/m0/s1. The Labute approximate surface area is 249 Å². The third-order valence-corrected chi connectivity index (χ3v) is 9.13. The molecule has 41 heavy (non-hydrogen) atoms. The van der Waals surface area contributed by atoms with E-state index in [0.29, 0.717) is 37.4 Å². The fourth-order valence-electron chi connectivity index (χ4n) is 5.45. The Bertz CT molecular complexity index is 1170. The SMILES string of the molecule is C=C(CN(CC)CC)C(=O)NC[C@H](CC1CCCCC1)NC(=O)[C@H](Cc1nc2ccc(CC)cc2s1)NC(=O)CC. The Hall–Kier alpha value is -2.78. The van der Waals surface area contributed by atoms with E-state index in [2.05, 4.69) is 60.3 Å². The van der Waals surface area contributed by atoms with Crippen molar-refractivity contribution < 1.29 is 14.4 Å². The van der Waals surface area contributed by atoms with E-state index in [9.17, 15) is 14.4 Å². The Morgan fingerprint density at radius 3 is 2.46 bits per heavy atom. The average Bonchev–Trinajstić information content (AvgIpc) is 3.39. The molecule has 9 heteroatoms. The van der Waals surface area contributed by atoms with Crippen molar-refractivity contribution in [2.75, 3.05) is 26.2 Å². The van der Waals surface area contributed by atoms with Gasteiger partial charge in [0.2, 0.25) is 17.7 Å². The number of amides is 3. The molecule has 226 valence electrons. The summed E-state index contributed by atoms with van der Waals surface area (Å²) in [5.74, 6) is -0.0937. The zero-order valence-electron chi connectivity index (χ0n) is 25.4. The minimum atomic E-state index is -0.740. The van der Waals surface area contributed by atoms with Gasteiger partial charge in [0.05, 0.1) is 15.2 Å². The van der Waals surface area contributed by atoms with E-state index in [1.54, 1.807) is 18.3 Å². The van der Waals surface area contributed by atoms with Crippen molar-refractivity contribution in [1.82, 2.24) is 25.8 Å². The van der Waals surface area contributed by atoms with E-state index in [1.165, 1.54) is 24.8 Å². The molecule has 2 atom stereocenters. The molecule has 3 amide bonds. The molecule has 0 unspecified atom stereocenters. The molecular weight excluding hydrogens is 534 g/mol. The number of nitrogens with one attached hydrogen (secondary N) is 3. The van der Waals surface area contributed by atoms with Gasteiger partial charge in [-0.1, -0.05) is 72.4 Å². The topological polar surface area (TPSA) is 103 Å². The zero-order chi connectivity index (χ0) is 29.8. The molecule has 8 nitrogen and oxygen atoms in total. The molecule has 1 aromatic carbocycles. The molecule has 1 saturated carbocycles. The molecule has 3 rings (SSSR count). The number of fused-ring (bicyclic) bond motifs is 1. The van der Waals surface area contributed by atoms with E-state index in [1.807, 2.05) is 6.07 Å². The van der Waals surface area contributed by atoms with E-state index >= 15 is 0 Å². The summed E-state index contributed by atoms with van der Waals surface area (Å²) in [5.41, 5.74) is 2.67. The summed E-state index contributed by atoms with van der Waals surface area (Å²) >= 11 is 1.57. The number of rotatable bonds is 16. The normalized spacial score (nSPS) is 15.4. The Balaban J connectivity index is 1.72. The number of aromatic nitrogens is 1. The summed E-state index contributed by atoms with van der Waals surface area (Å²) in [6.45, 7) is 14.6. The van der Waals surface area contributed by atoms with Crippen LogP contribution < -0.4 is 16.0 Å². The van der Waals surface area contributed by atoms with Crippen molar-refractivity contribution in [2.24, 2.45) is 5.92 Å². The molecule has 3 N–H and O–H groups in total. The lowest BCUT2D eigenvalue weighted by Gasteiger charge is -2.29. The minimum Gasteiger partial charge on any atom is -0.350 e. The number of likely N-dealkylation sites (N-methyl/N-ethyl adjacent to an activating group) is 1. The lowest BCUT2D eigenvalue weighted by molar-refractivity contribution is -0.129. The number of carbonyl (C=O) groups excluding carboxylic acids is 3. The molecule has 0 bridgehead atoms. The van der Waals surface area contributed by atoms with Gasteiger partial charge >= 0.3 is 0 Å². The largest absolute Gasteiger partial charge is 0.350 e. The van der Waals surface area contributed by atoms with Crippen LogP contribution in [-0.2, 0) is 27.2 Å². The highest BCUT2D eigenvalue weighted by Crippen LogP contribution is 2.28. The number of hydrogen-bond acceptors (Lipinski definition) is 6. The fraction of sp³-hybridized carbons (Fsp3) is 0.625. The predicted octanol–water partition coefficient (Wildman–Crippen LogP) is 4.77. The molecule has 1 aliphatic rings. The predicted molar refractivity (Wildman–Crippen MR) is 168 cm³/mol. The summed E-state index contributed by atoms with van der Waals surface area (Å²) in [6, 6.07) is 5.27. The van der Waals surface area contributed by atoms with Crippen molar-refractivity contribution in [3.05, 3.63) is 40.9 Å². The van der Waals surface area contributed by atoms with Gasteiger partial charge in [0.1, 0.15) is 6.04 Å². The van der Waals surface area contributed by atoms with Crippen LogP contribution in [0.3, 0.4) is 0 Å². The van der Waals surface area contributed by atoms with Crippen molar-refractivity contribution in [3.8, 4) is 0 Å². The van der Waals surface area contributed by atoms with Crippen LogP contribution in [-0.4, -0.2) is 65.9 Å². The molecular formula is C32H49N5O3S. The first-order valence-corrected chi connectivity index (χ1v) is 16.2. The maximum Gasteiger partial charge on any atom is 0.247 e.